The molecule has 0 aliphatic rings. The number of para-hydroxylation sites is 1. The number of methoxy groups -OCH3 is 2. The Morgan fingerprint density at radius 2 is 1.97 bits per heavy atom. The summed E-state index contributed by atoms with van der Waals surface area (Å²) in [4.78, 5) is 20.6. The lowest BCUT2D eigenvalue weighted by Crippen LogP contribution is -2.17. The van der Waals surface area contributed by atoms with Crippen molar-refractivity contribution in [2.45, 2.75) is 25.9 Å². The van der Waals surface area contributed by atoms with Crippen molar-refractivity contribution in [3.8, 4) is 5.75 Å². The number of esters is 1. The van der Waals surface area contributed by atoms with Crippen LogP contribution in [0.25, 0.3) is 21.9 Å². The molecule has 0 spiro atoms. The second-order valence-corrected chi connectivity index (χ2v) is 8.18. The molecule has 0 aliphatic carbocycles. The molecule has 2 heterocycles. The monoisotopic (exact) mass is 477 g/mol. The number of ether oxygens (including phenoxy) is 3. The summed E-state index contributed by atoms with van der Waals surface area (Å²) in [6, 6.07) is 15.7. The molecule has 0 saturated carbocycles. The first kappa shape index (κ1) is 24.4. The summed E-state index contributed by atoms with van der Waals surface area (Å²) in [7, 11) is 3.03. The highest BCUT2D eigenvalue weighted by molar-refractivity contribution is 6.06. The third kappa shape index (κ3) is 5.87. The molecule has 0 radical (unpaired) electrons. The molecule has 0 saturated heterocycles. The van der Waals surface area contributed by atoms with Crippen LogP contribution in [0.5, 0.6) is 5.75 Å². The van der Waals surface area contributed by atoms with Crippen LogP contribution in [0.1, 0.15) is 17.8 Å². The third-order valence-corrected chi connectivity index (χ3v) is 5.77. The van der Waals surface area contributed by atoms with Gasteiger partial charge in [0.1, 0.15) is 17.1 Å². The van der Waals surface area contributed by atoms with Crippen molar-refractivity contribution in [1.82, 2.24) is 19.9 Å². The summed E-state index contributed by atoms with van der Waals surface area (Å²) in [6.45, 7) is 2.78. The molecule has 0 bridgehead atoms. The number of hydrogen-bond acceptors (Lipinski definition) is 8. The van der Waals surface area contributed by atoms with Crippen LogP contribution < -0.4 is 15.8 Å². The van der Waals surface area contributed by atoms with Crippen molar-refractivity contribution in [1.29, 1.82) is 0 Å². The fourth-order valence-corrected chi connectivity index (χ4v) is 4.07. The second-order valence-electron chi connectivity index (χ2n) is 8.18. The van der Waals surface area contributed by atoms with E-state index in [-0.39, 0.29) is 6.61 Å². The number of aromatic nitrogens is 3. The number of hydrogen-bond donors (Lipinski definition) is 2. The van der Waals surface area contributed by atoms with Crippen LogP contribution in [0, 0.1) is 0 Å². The number of imidazole rings is 1. The molecule has 4 rings (SSSR count). The van der Waals surface area contributed by atoms with E-state index in [1.54, 1.807) is 7.11 Å². The summed E-state index contributed by atoms with van der Waals surface area (Å²) in [5, 5.41) is 4.53. The summed E-state index contributed by atoms with van der Waals surface area (Å²) < 4.78 is 17.6. The maximum absolute atomic E-state index is 11.3. The van der Waals surface area contributed by atoms with Crippen LogP contribution in [-0.4, -0.2) is 54.5 Å². The highest BCUT2D eigenvalue weighted by atomic mass is 16.6. The number of nitrogens with zero attached hydrogens (tertiary/aromatic N) is 3. The number of fused-ring (bicyclic) bond motifs is 3. The minimum atomic E-state index is -0.407. The average Bonchev–Trinajstić information content (AvgIpc) is 3.25. The molecule has 0 fully saturated rings. The lowest BCUT2D eigenvalue weighted by atomic mass is 10.2. The average molecular weight is 478 g/mol. The molecule has 35 heavy (non-hydrogen) atoms. The minimum absolute atomic E-state index is 0.105. The molecule has 9 nitrogen and oxygen atoms in total. The van der Waals surface area contributed by atoms with E-state index in [0.29, 0.717) is 31.1 Å². The predicted octanol–water partition coefficient (Wildman–Crippen LogP) is 3.09. The molecule has 0 unspecified atom stereocenters. The first-order valence-electron chi connectivity index (χ1n) is 11.6. The SMILES string of the molecule is COCCc1nc2c(N)nc3ccccc3c2n1CCCNCc1cccc(OCC(=O)OC)c1. The van der Waals surface area contributed by atoms with Crippen LogP contribution >= 0.6 is 0 Å². The Hall–Kier alpha value is -3.69. The van der Waals surface area contributed by atoms with E-state index >= 15 is 0 Å². The van der Waals surface area contributed by atoms with Gasteiger partial charge in [-0.15, -0.1) is 0 Å². The topological polar surface area (TPSA) is 114 Å². The second kappa shape index (κ2) is 11.6. The quantitative estimate of drug-likeness (QED) is 0.236. The molecule has 0 amide bonds. The minimum Gasteiger partial charge on any atom is -0.482 e. The van der Waals surface area contributed by atoms with Gasteiger partial charge < -0.3 is 29.8 Å². The number of carbonyl (C=O) groups is 1. The van der Waals surface area contributed by atoms with Gasteiger partial charge >= 0.3 is 5.97 Å². The zero-order valence-electron chi connectivity index (χ0n) is 20.1. The van der Waals surface area contributed by atoms with Crippen molar-refractivity contribution in [2.75, 3.05) is 39.7 Å². The fraction of sp³-hybridized carbons (Fsp3) is 0.346. The van der Waals surface area contributed by atoms with Gasteiger partial charge in [-0.25, -0.2) is 14.8 Å². The van der Waals surface area contributed by atoms with Crippen molar-refractivity contribution in [2.24, 2.45) is 0 Å². The van der Waals surface area contributed by atoms with Gasteiger partial charge in [-0.3, -0.25) is 0 Å². The Labute approximate surface area is 204 Å². The summed E-state index contributed by atoms with van der Waals surface area (Å²) in [5.41, 5.74) is 9.97. The fourth-order valence-electron chi connectivity index (χ4n) is 4.07. The summed E-state index contributed by atoms with van der Waals surface area (Å²) >= 11 is 0. The van der Waals surface area contributed by atoms with Gasteiger partial charge in [0.25, 0.3) is 0 Å². The molecule has 184 valence electrons. The zero-order valence-corrected chi connectivity index (χ0v) is 20.1. The number of nitrogen functional groups attached to an aromatic ring is 1. The van der Waals surface area contributed by atoms with Gasteiger partial charge in [0.2, 0.25) is 0 Å². The molecule has 9 heteroatoms. The van der Waals surface area contributed by atoms with E-state index in [2.05, 4.69) is 25.7 Å². The molecular formula is C26H31N5O4. The van der Waals surface area contributed by atoms with Gasteiger partial charge in [-0.05, 0) is 36.7 Å². The number of nitrogens with one attached hydrogen (secondary N) is 1. The molecule has 4 aromatic rings. The van der Waals surface area contributed by atoms with E-state index in [4.69, 9.17) is 20.2 Å². The van der Waals surface area contributed by atoms with Crippen molar-refractivity contribution in [3.05, 3.63) is 59.9 Å². The predicted molar refractivity (Wildman–Crippen MR) is 135 cm³/mol. The maximum atomic E-state index is 11.3. The molecule has 0 aliphatic heterocycles. The summed E-state index contributed by atoms with van der Waals surface area (Å²) in [5.74, 6) is 1.63. The van der Waals surface area contributed by atoms with Gasteiger partial charge in [0, 0.05) is 32.0 Å². The molecule has 2 aromatic heterocycles. The number of benzene rings is 2. The number of nitrogens with two attached hydrogens (primary N) is 1. The highest BCUT2D eigenvalue weighted by Gasteiger charge is 2.17. The third-order valence-electron chi connectivity index (χ3n) is 5.77. The van der Waals surface area contributed by atoms with E-state index in [0.717, 1.165) is 52.8 Å². The van der Waals surface area contributed by atoms with Gasteiger partial charge in [0.15, 0.2) is 12.4 Å². The van der Waals surface area contributed by atoms with Gasteiger partial charge in [0.05, 0.1) is 24.8 Å². The molecule has 0 atom stereocenters. The molecular weight excluding hydrogens is 446 g/mol. The van der Waals surface area contributed by atoms with Crippen LogP contribution in [0.4, 0.5) is 5.82 Å². The van der Waals surface area contributed by atoms with E-state index in [1.165, 1.54) is 7.11 Å². The van der Waals surface area contributed by atoms with Crippen molar-refractivity contribution >= 4 is 33.7 Å². The van der Waals surface area contributed by atoms with E-state index in [9.17, 15) is 4.79 Å². The molecule has 2 aromatic carbocycles. The van der Waals surface area contributed by atoms with E-state index in [1.807, 2.05) is 42.5 Å². The maximum Gasteiger partial charge on any atom is 0.343 e. The van der Waals surface area contributed by atoms with Crippen LogP contribution in [0.2, 0.25) is 0 Å². The lowest BCUT2D eigenvalue weighted by Gasteiger charge is -2.12. The Balaban J connectivity index is 1.42. The smallest absolute Gasteiger partial charge is 0.343 e. The van der Waals surface area contributed by atoms with Crippen LogP contribution in [-0.2, 0) is 33.8 Å². The number of aryl methyl sites for hydroxylation is 1. The van der Waals surface area contributed by atoms with Crippen LogP contribution in [0.3, 0.4) is 0 Å². The van der Waals surface area contributed by atoms with Gasteiger partial charge in [-0.2, -0.15) is 0 Å². The first-order chi connectivity index (χ1) is 17.1. The number of pyridine rings is 1. The number of carbonyl (C=O) groups excluding carboxylic acids is 1. The Morgan fingerprint density at radius 1 is 1.11 bits per heavy atom. The molecule has 3 N–H and O–H groups in total. The standard InChI is InChI=1S/C26H31N5O4/c1-33-14-11-22-30-24-25(20-9-3-4-10-21(20)29-26(24)27)31(22)13-6-12-28-16-18-7-5-8-19(15-18)35-17-23(32)34-2/h3-5,7-10,15,28H,6,11-14,16-17H2,1-2H3,(H2,27,29). The van der Waals surface area contributed by atoms with Crippen LogP contribution in [0.15, 0.2) is 48.5 Å². The summed E-state index contributed by atoms with van der Waals surface area (Å²) in [6.07, 6.45) is 1.60. The largest absolute Gasteiger partial charge is 0.482 e. The zero-order chi connectivity index (χ0) is 24.6. The van der Waals surface area contributed by atoms with Gasteiger partial charge in [-0.1, -0.05) is 30.3 Å². The lowest BCUT2D eigenvalue weighted by molar-refractivity contribution is -0.142. The Morgan fingerprint density at radius 3 is 2.80 bits per heavy atom. The van der Waals surface area contributed by atoms with Crippen molar-refractivity contribution < 1.29 is 19.0 Å². The first-order valence-corrected chi connectivity index (χ1v) is 11.6. The Kier molecular flexibility index (Phi) is 8.12. The normalized spacial score (nSPS) is 11.3. The van der Waals surface area contributed by atoms with E-state index < -0.39 is 5.97 Å². The number of anilines is 1. The Bertz CT molecular complexity index is 1300. The highest BCUT2D eigenvalue weighted by Crippen LogP contribution is 2.29. The van der Waals surface area contributed by atoms with Crippen molar-refractivity contribution in [3.63, 3.8) is 0 Å². The number of rotatable bonds is 12.